The summed E-state index contributed by atoms with van der Waals surface area (Å²) in [6.45, 7) is -1.13. The number of halogens is 2. The number of carbonyl (C=O) groups excluding carboxylic acids is 2. The molecule has 0 heterocycles. The number of rotatable bonds is 9. The molecule has 2 N–H and O–H groups in total. The van der Waals surface area contributed by atoms with Gasteiger partial charge in [0.1, 0.15) is 11.8 Å². The van der Waals surface area contributed by atoms with Crippen LogP contribution in [-0.2, 0) is 11.2 Å². The maximum absolute atomic E-state index is 12.2. The quantitative estimate of drug-likeness (QED) is 0.491. The van der Waals surface area contributed by atoms with E-state index in [-0.39, 0.29) is 23.5 Å². The number of nitrogens with zero attached hydrogens (tertiary/aromatic N) is 1. The smallest absolute Gasteiger partial charge is 0.387 e. The molecule has 10 heteroatoms. The first-order valence-corrected chi connectivity index (χ1v) is 8.63. The molecule has 2 rings (SSSR count). The van der Waals surface area contributed by atoms with Crippen LogP contribution in [0.1, 0.15) is 22.8 Å². The van der Waals surface area contributed by atoms with Gasteiger partial charge in [-0.1, -0.05) is 18.2 Å². The Morgan fingerprint density at radius 3 is 2.48 bits per heavy atom. The highest BCUT2D eigenvalue weighted by molar-refractivity contribution is 5.97. The molecular weight excluding hydrogens is 388 g/mol. The van der Waals surface area contributed by atoms with E-state index < -0.39 is 29.4 Å². The lowest BCUT2D eigenvalue weighted by Gasteiger charge is -2.14. The Morgan fingerprint density at radius 2 is 1.86 bits per heavy atom. The summed E-state index contributed by atoms with van der Waals surface area (Å²) < 4.78 is 28.5. The molecule has 0 saturated heterocycles. The topological polar surface area (TPSA) is 111 Å². The van der Waals surface area contributed by atoms with Crippen molar-refractivity contribution >= 4 is 17.5 Å². The molecule has 0 bridgehead atoms. The van der Waals surface area contributed by atoms with Crippen LogP contribution >= 0.6 is 0 Å². The van der Waals surface area contributed by atoms with E-state index in [9.17, 15) is 28.5 Å². The zero-order valence-corrected chi connectivity index (χ0v) is 15.4. The van der Waals surface area contributed by atoms with Crippen molar-refractivity contribution in [3.05, 3.63) is 69.8 Å². The van der Waals surface area contributed by atoms with Crippen LogP contribution in [0.5, 0.6) is 5.75 Å². The molecule has 1 unspecified atom stereocenters. The Balaban J connectivity index is 1.80. The minimum Gasteiger partial charge on any atom is -0.435 e. The second kappa shape index (κ2) is 10.1. The lowest BCUT2D eigenvalue weighted by molar-refractivity contribution is -0.384. The van der Waals surface area contributed by atoms with E-state index >= 15 is 0 Å². The van der Waals surface area contributed by atoms with Crippen LogP contribution in [0.15, 0.2) is 48.5 Å². The van der Waals surface area contributed by atoms with Gasteiger partial charge in [0.2, 0.25) is 5.91 Å². The third kappa shape index (κ3) is 6.83. The number of alkyl halides is 2. The van der Waals surface area contributed by atoms with Gasteiger partial charge in [0.15, 0.2) is 0 Å². The number of carbonyl (C=O) groups is 2. The van der Waals surface area contributed by atoms with E-state index in [4.69, 9.17) is 0 Å². The molecule has 2 amide bonds. The van der Waals surface area contributed by atoms with Crippen LogP contribution in [-0.4, -0.2) is 35.9 Å². The summed E-state index contributed by atoms with van der Waals surface area (Å²) in [6, 6.07) is 10.4. The summed E-state index contributed by atoms with van der Waals surface area (Å²) in [5, 5.41) is 15.9. The van der Waals surface area contributed by atoms with Crippen LogP contribution < -0.4 is 15.4 Å². The molecule has 2 aromatic carbocycles. The van der Waals surface area contributed by atoms with Crippen LogP contribution in [0.4, 0.5) is 14.5 Å². The Morgan fingerprint density at radius 1 is 1.17 bits per heavy atom. The van der Waals surface area contributed by atoms with E-state index in [1.165, 1.54) is 37.3 Å². The first kappa shape index (κ1) is 21.7. The van der Waals surface area contributed by atoms with Crippen molar-refractivity contribution in [2.75, 3.05) is 6.54 Å². The van der Waals surface area contributed by atoms with Gasteiger partial charge in [0, 0.05) is 24.2 Å². The van der Waals surface area contributed by atoms with Crippen LogP contribution in [0.3, 0.4) is 0 Å². The first-order chi connectivity index (χ1) is 13.8. The van der Waals surface area contributed by atoms with Gasteiger partial charge in [0.25, 0.3) is 11.6 Å². The average molecular weight is 407 g/mol. The summed E-state index contributed by atoms with van der Waals surface area (Å²) in [6.07, 6.45) is 0.451. The highest BCUT2D eigenvalue weighted by Gasteiger charge is 2.18. The fourth-order valence-electron chi connectivity index (χ4n) is 2.43. The lowest BCUT2D eigenvalue weighted by atomic mass is 10.1. The standard InChI is InChI=1S/C19H19F2N3O5/c1-12(23-18(26)14-3-2-4-15(11-14)24(27)28)17(25)22-10-9-13-5-7-16(8-6-13)29-19(20)21/h2-8,11-12,19H,9-10H2,1H3,(H,22,25)(H,23,26). The Labute approximate surface area is 165 Å². The molecule has 0 aromatic heterocycles. The van der Waals surface area contributed by atoms with E-state index in [0.29, 0.717) is 6.42 Å². The van der Waals surface area contributed by atoms with Gasteiger partial charge < -0.3 is 15.4 Å². The second-order valence-electron chi connectivity index (χ2n) is 6.07. The van der Waals surface area contributed by atoms with Gasteiger partial charge in [-0.3, -0.25) is 19.7 Å². The van der Waals surface area contributed by atoms with Gasteiger partial charge >= 0.3 is 6.61 Å². The van der Waals surface area contributed by atoms with Gasteiger partial charge in [-0.2, -0.15) is 8.78 Å². The summed E-state index contributed by atoms with van der Waals surface area (Å²) in [5.41, 5.74) is 0.657. The Kier molecular flexibility index (Phi) is 7.58. The highest BCUT2D eigenvalue weighted by atomic mass is 19.3. The molecule has 8 nitrogen and oxygen atoms in total. The number of hydrogen-bond donors (Lipinski definition) is 2. The van der Waals surface area contributed by atoms with Crippen molar-refractivity contribution < 1.29 is 28.0 Å². The first-order valence-electron chi connectivity index (χ1n) is 8.63. The number of non-ortho nitro benzene ring substituents is 1. The number of nitrogens with one attached hydrogen (secondary N) is 2. The predicted octanol–water partition coefficient (Wildman–Crippen LogP) is 2.67. The van der Waals surface area contributed by atoms with E-state index in [2.05, 4.69) is 15.4 Å². The van der Waals surface area contributed by atoms with Gasteiger partial charge in [-0.25, -0.2) is 0 Å². The summed E-state index contributed by atoms with van der Waals surface area (Å²) in [4.78, 5) is 34.4. The monoisotopic (exact) mass is 407 g/mol. The number of ether oxygens (including phenoxy) is 1. The minimum absolute atomic E-state index is 0.0465. The molecule has 0 spiro atoms. The SMILES string of the molecule is CC(NC(=O)c1cccc([N+](=O)[O-])c1)C(=O)NCCc1ccc(OC(F)F)cc1. The third-order valence-electron chi connectivity index (χ3n) is 3.92. The van der Waals surface area contributed by atoms with Crippen molar-refractivity contribution in [3.8, 4) is 5.75 Å². The number of hydrogen-bond acceptors (Lipinski definition) is 5. The Hall–Kier alpha value is -3.56. The highest BCUT2D eigenvalue weighted by Crippen LogP contribution is 2.15. The Bertz CT molecular complexity index is 874. The predicted molar refractivity (Wildman–Crippen MR) is 99.8 cm³/mol. The zero-order chi connectivity index (χ0) is 21.4. The number of nitro benzene ring substituents is 1. The summed E-state index contributed by atoms with van der Waals surface area (Å²) in [5.74, 6) is -0.988. The van der Waals surface area contributed by atoms with Gasteiger partial charge in [0.05, 0.1) is 4.92 Å². The molecule has 0 aliphatic heterocycles. The molecule has 154 valence electrons. The number of nitro groups is 1. The van der Waals surface area contributed by atoms with Crippen molar-refractivity contribution in [2.45, 2.75) is 26.0 Å². The normalized spacial score (nSPS) is 11.6. The van der Waals surface area contributed by atoms with Crippen molar-refractivity contribution in [1.29, 1.82) is 0 Å². The third-order valence-corrected chi connectivity index (χ3v) is 3.92. The fraction of sp³-hybridized carbons (Fsp3) is 0.263. The van der Waals surface area contributed by atoms with Crippen LogP contribution in [0.2, 0.25) is 0 Å². The minimum atomic E-state index is -2.89. The maximum atomic E-state index is 12.2. The molecule has 0 aliphatic rings. The summed E-state index contributed by atoms with van der Waals surface area (Å²) >= 11 is 0. The average Bonchev–Trinajstić information content (AvgIpc) is 2.68. The second-order valence-corrected chi connectivity index (χ2v) is 6.07. The van der Waals surface area contributed by atoms with E-state index in [0.717, 1.165) is 11.6 Å². The number of benzene rings is 2. The molecule has 29 heavy (non-hydrogen) atoms. The zero-order valence-electron chi connectivity index (χ0n) is 15.4. The fourth-order valence-corrected chi connectivity index (χ4v) is 2.43. The lowest BCUT2D eigenvalue weighted by Crippen LogP contribution is -2.45. The molecule has 0 radical (unpaired) electrons. The van der Waals surface area contributed by atoms with Crippen LogP contribution in [0.25, 0.3) is 0 Å². The van der Waals surface area contributed by atoms with Gasteiger partial charge in [-0.05, 0) is 37.1 Å². The molecule has 0 aliphatic carbocycles. The van der Waals surface area contributed by atoms with Crippen molar-refractivity contribution in [2.24, 2.45) is 0 Å². The van der Waals surface area contributed by atoms with Crippen LogP contribution in [0, 0.1) is 10.1 Å². The van der Waals surface area contributed by atoms with E-state index in [1.54, 1.807) is 12.1 Å². The summed E-state index contributed by atoms with van der Waals surface area (Å²) in [7, 11) is 0. The maximum Gasteiger partial charge on any atom is 0.387 e. The van der Waals surface area contributed by atoms with Gasteiger partial charge in [-0.15, -0.1) is 0 Å². The molecule has 0 fully saturated rings. The van der Waals surface area contributed by atoms with E-state index in [1.807, 2.05) is 0 Å². The van der Waals surface area contributed by atoms with Crippen molar-refractivity contribution in [1.82, 2.24) is 10.6 Å². The van der Waals surface area contributed by atoms with Crippen molar-refractivity contribution in [3.63, 3.8) is 0 Å². The molecule has 0 saturated carbocycles. The largest absolute Gasteiger partial charge is 0.435 e. The number of amides is 2. The molecule has 2 aromatic rings. The molecule has 1 atom stereocenters. The molecular formula is C19H19F2N3O5.